The highest BCUT2D eigenvalue weighted by Gasteiger charge is 2.53. The third-order valence-electron chi connectivity index (χ3n) is 7.67. The molecule has 3 rings (SSSR count). The fourth-order valence-electron chi connectivity index (χ4n) is 5.11. The van der Waals surface area contributed by atoms with Crippen LogP contribution in [-0.2, 0) is 4.79 Å². The quantitative estimate of drug-likeness (QED) is 0.158. The Morgan fingerprint density at radius 3 is 1.95 bits per heavy atom. The number of ether oxygens (including phenoxy) is 2. The minimum atomic E-state index is -3.06. The zero-order valence-corrected chi connectivity index (χ0v) is 24.7. The van der Waals surface area contributed by atoms with Gasteiger partial charge in [-0.05, 0) is 123 Å². The van der Waals surface area contributed by atoms with Crippen LogP contribution in [0.25, 0.3) is 0 Å². The average Bonchev–Trinajstić information content (AvgIpc) is 2.83. The standard InChI is InChI=1S/C30H31BrF2O6/c1-13-12-21(16(4)17(5)22(13)20(8)34)38-27(36)23-18(6)19(7)26(24(31)25(23)35)39-29(37)30(28(32)33)14(2)10-9-11-15(30)3/h10-12,28,35H,9H2,1-8H3. The van der Waals surface area contributed by atoms with Crippen molar-refractivity contribution in [3.8, 4) is 17.2 Å². The summed E-state index contributed by atoms with van der Waals surface area (Å²) < 4.78 is 39.8. The number of esters is 2. The first-order valence-corrected chi connectivity index (χ1v) is 13.1. The van der Waals surface area contributed by atoms with E-state index >= 15 is 0 Å². The number of alkyl halides is 2. The number of rotatable bonds is 6. The maximum absolute atomic E-state index is 14.4. The lowest BCUT2D eigenvalue weighted by Crippen LogP contribution is -2.44. The molecule has 2 aromatic rings. The van der Waals surface area contributed by atoms with E-state index in [1.165, 1.54) is 27.7 Å². The molecule has 39 heavy (non-hydrogen) atoms. The number of hydrogen-bond donors (Lipinski definition) is 1. The van der Waals surface area contributed by atoms with Gasteiger partial charge in [0.25, 0.3) is 6.43 Å². The predicted molar refractivity (Wildman–Crippen MR) is 147 cm³/mol. The number of hydrogen-bond acceptors (Lipinski definition) is 6. The van der Waals surface area contributed by atoms with Crippen LogP contribution in [0.2, 0.25) is 0 Å². The summed E-state index contributed by atoms with van der Waals surface area (Å²) in [7, 11) is 0. The van der Waals surface area contributed by atoms with Crippen molar-refractivity contribution >= 4 is 33.7 Å². The molecule has 208 valence electrons. The zero-order valence-electron chi connectivity index (χ0n) is 23.1. The molecule has 1 aliphatic rings. The lowest BCUT2D eigenvalue weighted by Gasteiger charge is -2.35. The third-order valence-corrected chi connectivity index (χ3v) is 8.40. The molecule has 1 N–H and O–H groups in total. The Morgan fingerprint density at radius 1 is 0.897 bits per heavy atom. The maximum atomic E-state index is 14.4. The van der Waals surface area contributed by atoms with Crippen LogP contribution in [0.4, 0.5) is 8.78 Å². The van der Waals surface area contributed by atoms with Gasteiger partial charge in [-0.1, -0.05) is 12.2 Å². The molecule has 0 saturated heterocycles. The molecule has 0 radical (unpaired) electrons. The number of aromatic hydroxyl groups is 1. The van der Waals surface area contributed by atoms with Crippen LogP contribution in [0.5, 0.6) is 17.2 Å². The molecule has 2 aromatic carbocycles. The van der Waals surface area contributed by atoms with E-state index in [0.717, 1.165) is 0 Å². The van der Waals surface area contributed by atoms with Gasteiger partial charge in [0, 0.05) is 5.56 Å². The third kappa shape index (κ3) is 4.93. The fraction of sp³-hybridized carbons (Fsp3) is 0.367. The molecule has 0 aromatic heterocycles. The van der Waals surface area contributed by atoms with Crippen LogP contribution in [0.1, 0.15) is 75.7 Å². The first-order valence-electron chi connectivity index (χ1n) is 12.3. The summed E-state index contributed by atoms with van der Waals surface area (Å²) in [5.41, 5.74) is 0.878. The minimum absolute atomic E-state index is 0.109. The fourth-order valence-corrected chi connectivity index (χ4v) is 5.68. The number of phenolic OH excluding ortho intramolecular Hbond substituents is 1. The average molecular weight is 605 g/mol. The van der Waals surface area contributed by atoms with E-state index in [0.29, 0.717) is 28.7 Å². The van der Waals surface area contributed by atoms with Gasteiger partial charge in [0.15, 0.2) is 16.9 Å². The normalized spacial score (nSPS) is 14.6. The lowest BCUT2D eigenvalue weighted by molar-refractivity contribution is -0.149. The van der Waals surface area contributed by atoms with Crippen LogP contribution in [-0.4, -0.2) is 29.3 Å². The second-order valence-corrected chi connectivity index (χ2v) is 10.7. The number of benzene rings is 2. The van der Waals surface area contributed by atoms with Crippen LogP contribution in [0.3, 0.4) is 0 Å². The number of Topliss-reactive ketones (excluding diaryl/α,β-unsaturated/α-hetero) is 1. The number of ketones is 1. The summed E-state index contributed by atoms with van der Waals surface area (Å²) in [4.78, 5) is 38.6. The molecule has 0 bridgehead atoms. The van der Waals surface area contributed by atoms with Gasteiger partial charge >= 0.3 is 11.9 Å². The Kier molecular flexibility index (Phi) is 8.55. The molecule has 0 amide bonds. The predicted octanol–water partition coefficient (Wildman–Crippen LogP) is 7.57. The van der Waals surface area contributed by atoms with Crippen molar-refractivity contribution in [3.63, 3.8) is 0 Å². The Labute approximate surface area is 234 Å². The van der Waals surface area contributed by atoms with Gasteiger partial charge in [-0.3, -0.25) is 9.59 Å². The Hall–Kier alpha value is -3.33. The highest BCUT2D eigenvalue weighted by Crippen LogP contribution is 2.48. The molecule has 9 heteroatoms. The van der Waals surface area contributed by atoms with Gasteiger partial charge in [-0.2, -0.15) is 0 Å². The highest BCUT2D eigenvalue weighted by molar-refractivity contribution is 9.10. The van der Waals surface area contributed by atoms with Crippen molar-refractivity contribution in [1.29, 1.82) is 0 Å². The van der Waals surface area contributed by atoms with Gasteiger partial charge < -0.3 is 14.6 Å². The topological polar surface area (TPSA) is 89.9 Å². The molecule has 0 saturated carbocycles. The van der Waals surface area contributed by atoms with E-state index in [1.54, 1.807) is 45.9 Å². The van der Waals surface area contributed by atoms with Gasteiger partial charge in [0.1, 0.15) is 21.5 Å². The summed E-state index contributed by atoms with van der Waals surface area (Å²) in [5, 5.41) is 11.0. The van der Waals surface area contributed by atoms with Crippen molar-refractivity contribution in [3.05, 3.63) is 72.8 Å². The Morgan fingerprint density at radius 2 is 1.44 bits per heavy atom. The Balaban J connectivity index is 2.05. The molecule has 0 atom stereocenters. The van der Waals surface area contributed by atoms with Gasteiger partial charge in [-0.25, -0.2) is 13.6 Å². The summed E-state index contributed by atoms with van der Waals surface area (Å²) in [5.74, 6) is -2.69. The lowest BCUT2D eigenvalue weighted by atomic mass is 9.72. The second kappa shape index (κ2) is 11.0. The number of phenols is 1. The van der Waals surface area contributed by atoms with Crippen LogP contribution in [0, 0.1) is 40.0 Å². The maximum Gasteiger partial charge on any atom is 0.347 e. The number of allylic oxidation sites excluding steroid dienone is 2. The monoisotopic (exact) mass is 604 g/mol. The van der Waals surface area contributed by atoms with Crippen LogP contribution in [0.15, 0.2) is 33.8 Å². The van der Waals surface area contributed by atoms with Crippen molar-refractivity contribution in [1.82, 2.24) is 0 Å². The molecule has 0 heterocycles. The first kappa shape index (κ1) is 30.2. The van der Waals surface area contributed by atoms with E-state index in [-0.39, 0.29) is 49.6 Å². The van der Waals surface area contributed by atoms with E-state index in [1.807, 2.05) is 0 Å². The molecule has 0 fully saturated rings. The molecule has 6 nitrogen and oxygen atoms in total. The largest absolute Gasteiger partial charge is 0.506 e. The number of carbonyl (C=O) groups excluding carboxylic acids is 3. The molecule has 0 spiro atoms. The number of aryl methyl sites for hydroxylation is 1. The van der Waals surface area contributed by atoms with Gasteiger partial charge in [-0.15, -0.1) is 0 Å². The molecular formula is C30H31BrF2O6. The second-order valence-electron chi connectivity index (χ2n) is 9.89. The summed E-state index contributed by atoms with van der Waals surface area (Å²) in [6.45, 7) is 12.7. The minimum Gasteiger partial charge on any atom is -0.506 e. The van der Waals surface area contributed by atoms with Crippen LogP contribution < -0.4 is 9.47 Å². The first-order chi connectivity index (χ1) is 18.1. The van der Waals surface area contributed by atoms with E-state index in [4.69, 9.17) is 9.47 Å². The van der Waals surface area contributed by atoms with E-state index in [2.05, 4.69) is 15.9 Å². The van der Waals surface area contributed by atoms with Gasteiger partial charge in [0.05, 0.1) is 0 Å². The molecule has 0 unspecified atom stereocenters. The zero-order chi connectivity index (χ0) is 29.6. The SMILES string of the molecule is CC(=O)c1c(C)cc(OC(=O)c2c(C)c(C)c(OC(=O)C3(C(F)F)C(C)=CCC=C3C)c(Br)c2O)c(C)c1C. The molecule has 0 aliphatic heterocycles. The van der Waals surface area contributed by atoms with Gasteiger partial charge in [0.2, 0.25) is 0 Å². The summed E-state index contributed by atoms with van der Waals surface area (Å²) in [6, 6.07) is 1.58. The van der Waals surface area contributed by atoms with Crippen molar-refractivity contribution in [2.45, 2.75) is 68.2 Å². The van der Waals surface area contributed by atoms with Crippen LogP contribution >= 0.6 is 15.9 Å². The summed E-state index contributed by atoms with van der Waals surface area (Å²) >= 11 is 3.18. The molecule has 1 aliphatic carbocycles. The molecular weight excluding hydrogens is 574 g/mol. The smallest absolute Gasteiger partial charge is 0.347 e. The van der Waals surface area contributed by atoms with Crippen molar-refractivity contribution < 1.29 is 37.7 Å². The number of carbonyl (C=O) groups is 3. The highest BCUT2D eigenvalue weighted by atomic mass is 79.9. The van der Waals surface area contributed by atoms with Crippen molar-refractivity contribution in [2.24, 2.45) is 5.41 Å². The number of halogens is 3. The summed E-state index contributed by atoms with van der Waals surface area (Å²) in [6.07, 6.45) is 0.469. The van der Waals surface area contributed by atoms with E-state index < -0.39 is 29.5 Å². The Bertz CT molecular complexity index is 1420. The van der Waals surface area contributed by atoms with Crippen molar-refractivity contribution in [2.75, 3.05) is 0 Å². The van der Waals surface area contributed by atoms with E-state index in [9.17, 15) is 28.3 Å².